The minimum Gasteiger partial charge on any atom is -0.497 e. The van der Waals surface area contributed by atoms with Crippen LogP contribution in [0.3, 0.4) is 0 Å². The fourth-order valence-electron chi connectivity index (χ4n) is 2.94. The van der Waals surface area contributed by atoms with Crippen LogP contribution in [0.5, 0.6) is 11.6 Å². The first kappa shape index (κ1) is 19.0. The van der Waals surface area contributed by atoms with E-state index in [1.807, 2.05) is 12.1 Å². The summed E-state index contributed by atoms with van der Waals surface area (Å²) in [6.45, 7) is 0.813. The Kier molecular flexibility index (Phi) is 5.53. The van der Waals surface area contributed by atoms with E-state index < -0.39 is 11.7 Å². The number of hydrogen-bond acceptors (Lipinski definition) is 4. The summed E-state index contributed by atoms with van der Waals surface area (Å²) >= 11 is 0. The quantitative estimate of drug-likeness (QED) is 0.799. The molecule has 1 saturated heterocycles. The second-order valence-electron chi connectivity index (χ2n) is 6.28. The Morgan fingerprint density at radius 1 is 1.30 bits per heavy atom. The Morgan fingerprint density at radius 3 is 2.85 bits per heavy atom. The Labute approximate surface area is 154 Å². The van der Waals surface area contributed by atoms with E-state index in [1.54, 1.807) is 24.1 Å². The molecular weight excluding hydrogens is 361 g/mol. The van der Waals surface area contributed by atoms with Crippen LogP contribution in [0.4, 0.5) is 13.2 Å². The molecule has 0 spiro atoms. The van der Waals surface area contributed by atoms with Crippen molar-refractivity contribution in [2.75, 3.05) is 20.2 Å². The van der Waals surface area contributed by atoms with Crippen molar-refractivity contribution >= 4 is 5.91 Å². The molecule has 5 nitrogen and oxygen atoms in total. The highest BCUT2D eigenvalue weighted by atomic mass is 19.4. The molecular formula is C19H19F3N2O3. The molecule has 1 aromatic carbocycles. The van der Waals surface area contributed by atoms with Gasteiger partial charge >= 0.3 is 6.18 Å². The monoisotopic (exact) mass is 380 g/mol. The molecule has 1 aliphatic heterocycles. The predicted molar refractivity (Wildman–Crippen MR) is 91.6 cm³/mol. The lowest BCUT2D eigenvalue weighted by atomic mass is 10.1. The molecule has 27 heavy (non-hydrogen) atoms. The number of methoxy groups -OCH3 is 1. The highest BCUT2D eigenvalue weighted by molar-refractivity contribution is 5.79. The Hall–Kier alpha value is -2.77. The van der Waals surface area contributed by atoms with E-state index in [1.165, 1.54) is 0 Å². The zero-order valence-corrected chi connectivity index (χ0v) is 14.7. The van der Waals surface area contributed by atoms with Crippen LogP contribution in [0.1, 0.15) is 17.5 Å². The maximum Gasteiger partial charge on any atom is 0.416 e. The molecule has 0 bridgehead atoms. The number of rotatable bonds is 5. The number of ether oxygens (including phenoxy) is 2. The van der Waals surface area contributed by atoms with Crippen LogP contribution in [0.2, 0.25) is 0 Å². The number of aromatic nitrogens is 1. The number of pyridine rings is 1. The van der Waals surface area contributed by atoms with Crippen molar-refractivity contribution < 1.29 is 27.4 Å². The molecule has 0 aliphatic carbocycles. The van der Waals surface area contributed by atoms with Gasteiger partial charge in [-0.2, -0.15) is 13.2 Å². The molecule has 0 radical (unpaired) electrons. The second kappa shape index (κ2) is 7.85. The van der Waals surface area contributed by atoms with Crippen LogP contribution in [-0.4, -0.2) is 42.1 Å². The Balaban J connectivity index is 1.57. The maximum absolute atomic E-state index is 12.8. The zero-order chi connectivity index (χ0) is 19.4. The van der Waals surface area contributed by atoms with Crippen molar-refractivity contribution in [2.45, 2.75) is 25.1 Å². The summed E-state index contributed by atoms with van der Waals surface area (Å²) in [6, 6.07) is 9.03. The Morgan fingerprint density at radius 2 is 2.11 bits per heavy atom. The van der Waals surface area contributed by atoms with E-state index in [2.05, 4.69) is 4.98 Å². The van der Waals surface area contributed by atoms with Crippen LogP contribution < -0.4 is 9.47 Å². The molecule has 8 heteroatoms. The third-order valence-corrected chi connectivity index (χ3v) is 4.34. The molecule has 144 valence electrons. The molecule has 1 amide bonds. The predicted octanol–water partition coefficient (Wildman–Crippen LogP) is 3.33. The molecule has 1 aliphatic rings. The van der Waals surface area contributed by atoms with Crippen molar-refractivity contribution in [3.8, 4) is 11.6 Å². The summed E-state index contributed by atoms with van der Waals surface area (Å²) in [6.07, 6.45) is -2.99. The van der Waals surface area contributed by atoms with Crippen LogP contribution in [0.25, 0.3) is 0 Å². The van der Waals surface area contributed by atoms with Crippen molar-refractivity contribution in [3.63, 3.8) is 0 Å². The van der Waals surface area contributed by atoms with E-state index in [0.29, 0.717) is 25.3 Å². The molecule has 1 fully saturated rings. The number of nitrogens with zero attached hydrogens (tertiary/aromatic N) is 2. The van der Waals surface area contributed by atoms with Gasteiger partial charge in [-0.3, -0.25) is 4.79 Å². The minimum absolute atomic E-state index is 0.0636. The average molecular weight is 380 g/mol. The Bertz CT molecular complexity index is 811. The topological polar surface area (TPSA) is 51.7 Å². The first-order valence-electron chi connectivity index (χ1n) is 8.46. The summed E-state index contributed by atoms with van der Waals surface area (Å²) in [4.78, 5) is 17.9. The number of carbonyl (C=O) groups excluding carboxylic acids is 1. The summed E-state index contributed by atoms with van der Waals surface area (Å²) < 4.78 is 49.0. The van der Waals surface area contributed by atoms with E-state index >= 15 is 0 Å². The molecule has 3 rings (SSSR count). The lowest BCUT2D eigenvalue weighted by Gasteiger charge is -2.17. The number of benzene rings is 1. The van der Waals surface area contributed by atoms with Gasteiger partial charge in [0.25, 0.3) is 0 Å². The van der Waals surface area contributed by atoms with Gasteiger partial charge in [-0.15, -0.1) is 0 Å². The van der Waals surface area contributed by atoms with E-state index in [0.717, 1.165) is 23.9 Å². The number of likely N-dealkylation sites (tertiary alicyclic amines) is 1. The fraction of sp³-hybridized carbons (Fsp3) is 0.368. The third kappa shape index (κ3) is 4.90. The SMILES string of the molecule is COc1cccc(CC(=O)N2CCC(Oc3cc(C(F)(F)F)ccn3)C2)c1. The van der Waals surface area contributed by atoms with E-state index in [4.69, 9.17) is 9.47 Å². The first-order chi connectivity index (χ1) is 12.8. The van der Waals surface area contributed by atoms with Crippen molar-refractivity contribution in [3.05, 3.63) is 53.7 Å². The van der Waals surface area contributed by atoms with Gasteiger partial charge in [-0.1, -0.05) is 12.1 Å². The van der Waals surface area contributed by atoms with Crippen molar-refractivity contribution in [1.29, 1.82) is 0 Å². The maximum atomic E-state index is 12.8. The third-order valence-electron chi connectivity index (χ3n) is 4.34. The van der Waals surface area contributed by atoms with Crippen LogP contribution >= 0.6 is 0 Å². The van der Waals surface area contributed by atoms with Gasteiger partial charge in [-0.05, 0) is 23.8 Å². The second-order valence-corrected chi connectivity index (χ2v) is 6.28. The largest absolute Gasteiger partial charge is 0.497 e. The standard InChI is InChI=1S/C19H19F3N2O3/c1-26-15-4-2-3-13(9-15)10-18(25)24-8-6-16(12-24)27-17-11-14(5-7-23-17)19(20,21)22/h2-5,7,9,11,16H,6,8,10,12H2,1H3. The van der Waals surface area contributed by atoms with Crippen molar-refractivity contribution in [2.24, 2.45) is 0 Å². The normalized spacial score (nSPS) is 17.0. The smallest absolute Gasteiger partial charge is 0.416 e. The van der Waals surface area contributed by atoms with Gasteiger partial charge in [0.2, 0.25) is 11.8 Å². The minimum atomic E-state index is -4.45. The fourth-order valence-corrected chi connectivity index (χ4v) is 2.94. The molecule has 1 unspecified atom stereocenters. The number of hydrogen-bond donors (Lipinski definition) is 0. The van der Waals surface area contributed by atoms with Gasteiger partial charge in [0, 0.05) is 25.2 Å². The lowest BCUT2D eigenvalue weighted by molar-refractivity contribution is -0.137. The summed E-state index contributed by atoms with van der Waals surface area (Å²) in [5.74, 6) is 0.529. The summed E-state index contributed by atoms with van der Waals surface area (Å²) in [5, 5.41) is 0. The zero-order valence-electron chi connectivity index (χ0n) is 14.7. The van der Waals surface area contributed by atoms with Crippen LogP contribution in [-0.2, 0) is 17.4 Å². The van der Waals surface area contributed by atoms with Crippen LogP contribution in [0, 0.1) is 0 Å². The number of halogens is 3. The number of carbonyl (C=O) groups is 1. The van der Waals surface area contributed by atoms with E-state index in [9.17, 15) is 18.0 Å². The van der Waals surface area contributed by atoms with Gasteiger partial charge in [0.1, 0.15) is 11.9 Å². The van der Waals surface area contributed by atoms with E-state index in [-0.39, 0.29) is 24.3 Å². The van der Waals surface area contributed by atoms with Crippen LogP contribution in [0.15, 0.2) is 42.6 Å². The molecule has 2 aromatic rings. The van der Waals surface area contributed by atoms with Gasteiger partial charge in [-0.25, -0.2) is 4.98 Å². The first-order valence-corrected chi connectivity index (χ1v) is 8.46. The molecule has 0 N–H and O–H groups in total. The number of amides is 1. The highest BCUT2D eigenvalue weighted by Crippen LogP contribution is 2.31. The molecule has 1 aromatic heterocycles. The molecule has 2 heterocycles. The number of alkyl halides is 3. The van der Waals surface area contributed by atoms with Gasteiger partial charge in [0.15, 0.2) is 0 Å². The molecule has 1 atom stereocenters. The molecule has 0 saturated carbocycles. The highest BCUT2D eigenvalue weighted by Gasteiger charge is 2.32. The summed E-state index contributed by atoms with van der Waals surface area (Å²) in [5.41, 5.74) is 0.0275. The summed E-state index contributed by atoms with van der Waals surface area (Å²) in [7, 11) is 1.56. The van der Waals surface area contributed by atoms with Gasteiger partial charge < -0.3 is 14.4 Å². The lowest BCUT2D eigenvalue weighted by Crippen LogP contribution is -2.32. The average Bonchev–Trinajstić information content (AvgIpc) is 3.10. The van der Waals surface area contributed by atoms with Gasteiger partial charge in [0.05, 0.1) is 25.6 Å². The van der Waals surface area contributed by atoms with Crippen molar-refractivity contribution in [1.82, 2.24) is 9.88 Å².